The highest BCUT2D eigenvalue weighted by Crippen LogP contribution is 2.29. The van der Waals surface area contributed by atoms with Crippen molar-refractivity contribution < 1.29 is 13.9 Å². The van der Waals surface area contributed by atoms with E-state index in [2.05, 4.69) is 10.2 Å². The number of ether oxygens (including phenoxy) is 1. The molecule has 0 saturated carbocycles. The van der Waals surface area contributed by atoms with Gasteiger partial charge < -0.3 is 14.1 Å². The molecule has 8 heteroatoms. The van der Waals surface area contributed by atoms with Gasteiger partial charge in [-0.3, -0.25) is 9.36 Å². The summed E-state index contributed by atoms with van der Waals surface area (Å²) in [6, 6.07) is 11.6. The third-order valence-corrected chi connectivity index (χ3v) is 5.42. The van der Waals surface area contributed by atoms with Gasteiger partial charge >= 0.3 is 0 Å². The van der Waals surface area contributed by atoms with Gasteiger partial charge in [0, 0.05) is 12.1 Å². The Morgan fingerprint density at radius 2 is 1.83 bits per heavy atom. The summed E-state index contributed by atoms with van der Waals surface area (Å²) in [5, 5.41) is 9.30. The average molecular weight is 429 g/mol. The van der Waals surface area contributed by atoms with Crippen LogP contribution in [-0.2, 0) is 4.79 Å². The normalized spacial score (nSPS) is 11.3. The fourth-order valence-electron chi connectivity index (χ4n) is 3.39. The van der Waals surface area contributed by atoms with Crippen molar-refractivity contribution in [1.82, 2.24) is 19.7 Å². The lowest BCUT2D eigenvalue weighted by Crippen LogP contribution is -2.43. The van der Waals surface area contributed by atoms with E-state index in [1.807, 2.05) is 80.5 Å². The number of nitrogens with zero attached hydrogens (tertiary/aromatic N) is 4. The molecule has 3 rings (SSSR count). The van der Waals surface area contributed by atoms with E-state index in [9.17, 15) is 4.79 Å². The second kappa shape index (κ2) is 9.84. The Bertz CT molecular complexity index is 941. The largest absolute Gasteiger partial charge is 0.494 e. The number of benzene rings is 1. The molecule has 0 bridgehead atoms. The lowest BCUT2D eigenvalue weighted by Gasteiger charge is -2.30. The Balaban J connectivity index is 1.90. The van der Waals surface area contributed by atoms with Crippen molar-refractivity contribution in [1.29, 1.82) is 0 Å². The van der Waals surface area contributed by atoms with Gasteiger partial charge in [-0.15, -0.1) is 10.2 Å². The van der Waals surface area contributed by atoms with Gasteiger partial charge in [-0.2, -0.15) is 0 Å². The minimum absolute atomic E-state index is 0.0748. The first-order chi connectivity index (χ1) is 14.4. The number of furan rings is 1. The summed E-state index contributed by atoms with van der Waals surface area (Å²) in [7, 11) is 0. The summed E-state index contributed by atoms with van der Waals surface area (Å²) in [6.45, 7) is 10.7. The van der Waals surface area contributed by atoms with Crippen LogP contribution in [0.2, 0.25) is 0 Å². The standard InChI is InChI=1S/C22H28N4O3S/c1-6-28-18-11-9-17(10-12-18)26-21(19-8-7-13-29-19)23-24-22(26)30-14-20(27)25(15(2)3)16(4)5/h7-13,15-16H,6,14H2,1-5H3. The minimum atomic E-state index is 0.0748. The highest BCUT2D eigenvalue weighted by molar-refractivity contribution is 7.99. The van der Waals surface area contributed by atoms with Crippen LogP contribution < -0.4 is 4.74 Å². The first-order valence-electron chi connectivity index (χ1n) is 10.1. The fourth-order valence-corrected chi connectivity index (χ4v) is 4.21. The number of carbonyl (C=O) groups is 1. The van der Waals surface area contributed by atoms with Crippen LogP contribution in [0.1, 0.15) is 34.6 Å². The first-order valence-corrected chi connectivity index (χ1v) is 11.1. The van der Waals surface area contributed by atoms with Crippen molar-refractivity contribution in [2.24, 2.45) is 0 Å². The molecule has 0 aliphatic carbocycles. The molecule has 0 N–H and O–H groups in total. The molecular weight excluding hydrogens is 400 g/mol. The Labute approximate surface area is 181 Å². The Morgan fingerprint density at radius 3 is 2.40 bits per heavy atom. The lowest BCUT2D eigenvalue weighted by molar-refractivity contribution is -0.131. The van der Waals surface area contributed by atoms with Crippen LogP contribution in [-0.4, -0.2) is 50.0 Å². The molecule has 7 nitrogen and oxygen atoms in total. The van der Waals surface area contributed by atoms with E-state index >= 15 is 0 Å². The van der Waals surface area contributed by atoms with Crippen LogP contribution in [0, 0.1) is 0 Å². The molecule has 160 valence electrons. The van der Waals surface area contributed by atoms with Crippen molar-refractivity contribution in [3.05, 3.63) is 42.7 Å². The molecule has 0 spiro atoms. The summed E-state index contributed by atoms with van der Waals surface area (Å²) in [6.07, 6.45) is 1.60. The van der Waals surface area contributed by atoms with Crippen LogP contribution in [0.4, 0.5) is 0 Å². The van der Waals surface area contributed by atoms with Crippen LogP contribution in [0.5, 0.6) is 5.75 Å². The number of carbonyl (C=O) groups excluding carboxylic acids is 1. The predicted molar refractivity (Wildman–Crippen MR) is 118 cm³/mol. The number of thioether (sulfide) groups is 1. The van der Waals surface area contributed by atoms with Gasteiger partial charge in [0.25, 0.3) is 0 Å². The van der Waals surface area contributed by atoms with Crippen LogP contribution in [0.3, 0.4) is 0 Å². The molecule has 0 saturated heterocycles. The maximum Gasteiger partial charge on any atom is 0.233 e. The lowest BCUT2D eigenvalue weighted by atomic mass is 10.2. The highest BCUT2D eigenvalue weighted by Gasteiger charge is 2.23. The zero-order valence-electron chi connectivity index (χ0n) is 18.0. The van der Waals surface area contributed by atoms with E-state index in [0.717, 1.165) is 11.4 Å². The Morgan fingerprint density at radius 1 is 1.13 bits per heavy atom. The Kier molecular flexibility index (Phi) is 7.20. The molecule has 0 radical (unpaired) electrons. The summed E-state index contributed by atoms with van der Waals surface area (Å²) in [4.78, 5) is 14.7. The molecule has 0 fully saturated rings. The minimum Gasteiger partial charge on any atom is -0.494 e. The summed E-state index contributed by atoms with van der Waals surface area (Å²) in [5.41, 5.74) is 0.870. The molecule has 0 atom stereocenters. The van der Waals surface area contributed by atoms with Gasteiger partial charge in [-0.1, -0.05) is 11.8 Å². The third-order valence-electron chi connectivity index (χ3n) is 4.51. The maximum atomic E-state index is 12.8. The quantitative estimate of drug-likeness (QED) is 0.462. The summed E-state index contributed by atoms with van der Waals surface area (Å²) < 4.78 is 13.0. The van der Waals surface area contributed by atoms with E-state index in [0.29, 0.717) is 23.3 Å². The van der Waals surface area contributed by atoms with Gasteiger partial charge in [0.1, 0.15) is 5.75 Å². The van der Waals surface area contributed by atoms with Gasteiger partial charge in [0.15, 0.2) is 10.9 Å². The maximum absolute atomic E-state index is 12.8. The van der Waals surface area contributed by atoms with E-state index in [4.69, 9.17) is 9.15 Å². The first kappa shape index (κ1) is 22.0. The smallest absolute Gasteiger partial charge is 0.233 e. The molecule has 0 aliphatic heterocycles. The van der Waals surface area contributed by atoms with E-state index in [-0.39, 0.29) is 23.7 Å². The SMILES string of the molecule is CCOc1ccc(-n2c(SCC(=O)N(C(C)C)C(C)C)nnc2-c2ccco2)cc1. The van der Waals surface area contributed by atoms with Crippen molar-refractivity contribution in [2.45, 2.75) is 51.9 Å². The molecular formula is C22H28N4O3S. The Hall–Kier alpha value is -2.74. The second-order valence-corrected chi connectivity index (χ2v) is 8.27. The molecule has 2 heterocycles. The van der Waals surface area contributed by atoms with E-state index < -0.39 is 0 Å². The fraction of sp³-hybridized carbons (Fsp3) is 0.409. The van der Waals surface area contributed by atoms with Crippen LogP contribution >= 0.6 is 11.8 Å². The van der Waals surface area contributed by atoms with Crippen molar-refractivity contribution in [2.75, 3.05) is 12.4 Å². The van der Waals surface area contributed by atoms with Crippen LogP contribution in [0.15, 0.2) is 52.2 Å². The number of rotatable bonds is 9. The molecule has 30 heavy (non-hydrogen) atoms. The summed E-state index contributed by atoms with van der Waals surface area (Å²) in [5.74, 6) is 2.35. The van der Waals surface area contributed by atoms with E-state index in [1.54, 1.807) is 6.26 Å². The average Bonchev–Trinajstić information content (AvgIpc) is 3.36. The third kappa shape index (κ3) is 4.87. The molecule has 1 amide bonds. The van der Waals surface area contributed by atoms with Gasteiger partial charge in [-0.25, -0.2) is 0 Å². The van der Waals surface area contributed by atoms with Crippen molar-refractivity contribution in [3.63, 3.8) is 0 Å². The molecule has 2 aromatic heterocycles. The molecule has 0 aliphatic rings. The summed E-state index contributed by atoms with van der Waals surface area (Å²) >= 11 is 1.37. The molecule has 0 unspecified atom stereocenters. The topological polar surface area (TPSA) is 73.4 Å². The highest BCUT2D eigenvalue weighted by atomic mass is 32.2. The zero-order valence-corrected chi connectivity index (χ0v) is 18.8. The van der Waals surface area contributed by atoms with Crippen molar-refractivity contribution in [3.8, 4) is 23.0 Å². The number of hydrogen-bond donors (Lipinski definition) is 0. The van der Waals surface area contributed by atoms with Gasteiger partial charge in [0.05, 0.1) is 24.3 Å². The number of aromatic nitrogens is 3. The van der Waals surface area contributed by atoms with Gasteiger partial charge in [-0.05, 0) is 71.0 Å². The van der Waals surface area contributed by atoms with Crippen LogP contribution in [0.25, 0.3) is 17.3 Å². The zero-order chi connectivity index (χ0) is 21.7. The monoisotopic (exact) mass is 428 g/mol. The molecule has 1 aromatic carbocycles. The molecule has 3 aromatic rings. The predicted octanol–water partition coefficient (Wildman–Crippen LogP) is 4.66. The van der Waals surface area contributed by atoms with Crippen molar-refractivity contribution >= 4 is 17.7 Å². The van der Waals surface area contributed by atoms with Gasteiger partial charge in [0.2, 0.25) is 11.7 Å². The second-order valence-electron chi connectivity index (χ2n) is 7.32. The van der Waals surface area contributed by atoms with E-state index in [1.165, 1.54) is 11.8 Å². The number of amides is 1. The number of hydrogen-bond acceptors (Lipinski definition) is 6.